The zero-order chi connectivity index (χ0) is 14.8. The molecule has 2 aromatic carbocycles. The van der Waals surface area contributed by atoms with Gasteiger partial charge in [-0.3, -0.25) is 0 Å². The van der Waals surface area contributed by atoms with Crippen molar-refractivity contribution >= 4 is 25.8 Å². The van der Waals surface area contributed by atoms with Crippen LogP contribution in [0, 0.1) is 5.82 Å². The predicted octanol–water partition coefficient (Wildman–Crippen LogP) is 3.02. The van der Waals surface area contributed by atoms with Gasteiger partial charge >= 0.3 is 0 Å². The molecule has 2 N–H and O–H groups in total. The Kier molecular flexibility index (Phi) is 4.57. The van der Waals surface area contributed by atoms with Gasteiger partial charge in [0, 0.05) is 11.0 Å². The van der Waals surface area contributed by atoms with Crippen molar-refractivity contribution in [1.82, 2.24) is 0 Å². The Morgan fingerprint density at radius 2 is 1.85 bits per heavy atom. The number of nitrogens with two attached hydrogens (primary N) is 1. The van der Waals surface area contributed by atoms with E-state index in [1.54, 1.807) is 12.1 Å². The minimum atomic E-state index is -3.54. The zero-order valence-electron chi connectivity index (χ0n) is 10.5. The molecule has 3 nitrogen and oxygen atoms in total. The molecule has 2 aromatic rings. The van der Waals surface area contributed by atoms with Crippen LogP contribution in [0.5, 0.6) is 0 Å². The van der Waals surface area contributed by atoms with Gasteiger partial charge in [0.2, 0.25) is 0 Å². The Bertz CT molecular complexity index is 732. The molecule has 0 fully saturated rings. The van der Waals surface area contributed by atoms with Crippen molar-refractivity contribution in [3.05, 3.63) is 63.9 Å². The minimum Gasteiger partial charge on any atom is -0.326 e. The molecule has 0 amide bonds. The minimum absolute atomic E-state index is 0.170. The van der Waals surface area contributed by atoms with Gasteiger partial charge in [0.1, 0.15) is 5.82 Å². The highest BCUT2D eigenvalue weighted by atomic mass is 79.9. The molecular formula is C14H13BrFNO2S. The number of rotatable bonds is 4. The first-order valence-corrected chi connectivity index (χ1v) is 8.32. The average Bonchev–Trinajstić information content (AvgIpc) is 2.38. The molecule has 0 radical (unpaired) electrons. The van der Waals surface area contributed by atoms with E-state index >= 15 is 0 Å². The molecule has 0 saturated heterocycles. The van der Waals surface area contributed by atoms with Gasteiger partial charge in [-0.05, 0) is 41.5 Å². The van der Waals surface area contributed by atoms with Crippen LogP contribution in [0.2, 0.25) is 0 Å². The molecular weight excluding hydrogens is 345 g/mol. The summed E-state index contributed by atoms with van der Waals surface area (Å²) in [6.07, 6.45) is 0. The summed E-state index contributed by atoms with van der Waals surface area (Å²) in [4.78, 5) is 0.194. The van der Waals surface area contributed by atoms with Crippen molar-refractivity contribution in [3.8, 4) is 0 Å². The van der Waals surface area contributed by atoms with E-state index in [1.807, 2.05) is 0 Å². The third-order valence-electron chi connectivity index (χ3n) is 2.89. The molecule has 0 aliphatic carbocycles. The lowest BCUT2D eigenvalue weighted by molar-refractivity contribution is 0.594. The molecule has 0 aliphatic rings. The van der Waals surface area contributed by atoms with Gasteiger partial charge in [-0.2, -0.15) is 0 Å². The highest BCUT2D eigenvalue weighted by molar-refractivity contribution is 9.10. The van der Waals surface area contributed by atoms with Gasteiger partial charge in [0.05, 0.1) is 10.6 Å². The number of benzene rings is 2. The molecule has 6 heteroatoms. The molecule has 0 aliphatic heterocycles. The van der Waals surface area contributed by atoms with E-state index in [0.717, 1.165) is 0 Å². The van der Waals surface area contributed by atoms with Crippen LogP contribution in [0.25, 0.3) is 0 Å². The molecule has 0 aromatic heterocycles. The first kappa shape index (κ1) is 15.2. The topological polar surface area (TPSA) is 60.2 Å². The monoisotopic (exact) mass is 357 g/mol. The molecule has 2 rings (SSSR count). The van der Waals surface area contributed by atoms with E-state index in [9.17, 15) is 12.8 Å². The van der Waals surface area contributed by atoms with E-state index in [4.69, 9.17) is 5.73 Å². The molecule has 0 saturated carbocycles. The van der Waals surface area contributed by atoms with E-state index in [1.165, 1.54) is 30.3 Å². The van der Waals surface area contributed by atoms with Crippen LogP contribution in [-0.4, -0.2) is 8.42 Å². The van der Waals surface area contributed by atoms with Crippen LogP contribution in [0.1, 0.15) is 11.1 Å². The first-order valence-electron chi connectivity index (χ1n) is 5.88. The normalized spacial score (nSPS) is 11.6. The Balaban J connectivity index is 2.40. The fourth-order valence-corrected chi connectivity index (χ4v) is 3.86. The molecule has 0 atom stereocenters. The van der Waals surface area contributed by atoms with E-state index < -0.39 is 15.7 Å². The second kappa shape index (κ2) is 6.03. The van der Waals surface area contributed by atoms with Crippen molar-refractivity contribution in [2.45, 2.75) is 17.2 Å². The summed E-state index contributed by atoms with van der Waals surface area (Å²) in [5.41, 5.74) is 6.58. The van der Waals surface area contributed by atoms with Gasteiger partial charge in [0.15, 0.2) is 9.84 Å². The predicted molar refractivity (Wildman–Crippen MR) is 79.3 cm³/mol. The summed E-state index contributed by atoms with van der Waals surface area (Å²) in [5.74, 6) is -0.741. The van der Waals surface area contributed by atoms with E-state index in [-0.39, 0.29) is 17.2 Å². The van der Waals surface area contributed by atoms with Crippen molar-refractivity contribution in [1.29, 1.82) is 0 Å². The maximum Gasteiger partial charge on any atom is 0.182 e. The van der Waals surface area contributed by atoms with Crippen LogP contribution in [-0.2, 0) is 22.1 Å². The quantitative estimate of drug-likeness (QED) is 0.914. The summed E-state index contributed by atoms with van der Waals surface area (Å²) < 4.78 is 38.7. The molecule has 106 valence electrons. The SMILES string of the molecule is NCc1ccc(F)cc1CS(=O)(=O)c1cccc(Br)c1. The summed E-state index contributed by atoms with van der Waals surface area (Å²) in [6.45, 7) is 0.170. The fourth-order valence-electron chi connectivity index (χ4n) is 1.88. The van der Waals surface area contributed by atoms with Crippen LogP contribution in [0.4, 0.5) is 4.39 Å². The smallest absolute Gasteiger partial charge is 0.182 e. The maximum absolute atomic E-state index is 13.3. The standard InChI is InChI=1S/C14H13BrFNO2S/c15-12-2-1-3-14(7-12)20(18,19)9-11-6-13(16)5-4-10(11)8-17/h1-7H,8-9,17H2. The number of sulfone groups is 1. The van der Waals surface area contributed by atoms with Gasteiger partial charge in [-0.25, -0.2) is 12.8 Å². The van der Waals surface area contributed by atoms with Crippen LogP contribution in [0.15, 0.2) is 51.8 Å². The Hall–Kier alpha value is -1.24. The van der Waals surface area contributed by atoms with Crippen LogP contribution < -0.4 is 5.73 Å². The van der Waals surface area contributed by atoms with Gasteiger partial charge in [-0.1, -0.05) is 28.1 Å². The number of hydrogen-bond donors (Lipinski definition) is 1. The fraction of sp³-hybridized carbons (Fsp3) is 0.143. The number of hydrogen-bond acceptors (Lipinski definition) is 3. The first-order chi connectivity index (χ1) is 9.42. The van der Waals surface area contributed by atoms with Gasteiger partial charge in [-0.15, -0.1) is 0 Å². The summed E-state index contributed by atoms with van der Waals surface area (Å²) in [7, 11) is -3.54. The largest absolute Gasteiger partial charge is 0.326 e. The Morgan fingerprint density at radius 3 is 2.50 bits per heavy atom. The summed E-state index contributed by atoms with van der Waals surface area (Å²) >= 11 is 3.24. The Labute approximate surface area is 125 Å². The zero-order valence-corrected chi connectivity index (χ0v) is 12.9. The highest BCUT2D eigenvalue weighted by Crippen LogP contribution is 2.22. The molecule has 0 spiro atoms. The van der Waals surface area contributed by atoms with E-state index in [2.05, 4.69) is 15.9 Å². The molecule has 0 bridgehead atoms. The second-order valence-corrected chi connectivity index (χ2v) is 7.24. The number of halogens is 2. The lowest BCUT2D eigenvalue weighted by Gasteiger charge is -2.09. The van der Waals surface area contributed by atoms with Crippen molar-refractivity contribution in [2.24, 2.45) is 5.73 Å². The van der Waals surface area contributed by atoms with Gasteiger partial charge in [0.25, 0.3) is 0 Å². The van der Waals surface area contributed by atoms with Crippen LogP contribution >= 0.6 is 15.9 Å². The lowest BCUT2D eigenvalue weighted by atomic mass is 10.1. The third kappa shape index (κ3) is 3.45. The lowest BCUT2D eigenvalue weighted by Crippen LogP contribution is -2.09. The van der Waals surface area contributed by atoms with E-state index in [0.29, 0.717) is 15.6 Å². The second-order valence-electron chi connectivity index (χ2n) is 4.33. The van der Waals surface area contributed by atoms with Crippen molar-refractivity contribution in [3.63, 3.8) is 0 Å². The highest BCUT2D eigenvalue weighted by Gasteiger charge is 2.17. The average molecular weight is 358 g/mol. The maximum atomic E-state index is 13.3. The van der Waals surface area contributed by atoms with Crippen molar-refractivity contribution < 1.29 is 12.8 Å². The van der Waals surface area contributed by atoms with Gasteiger partial charge < -0.3 is 5.73 Å². The van der Waals surface area contributed by atoms with Crippen LogP contribution in [0.3, 0.4) is 0 Å². The summed E-state index contributed by atoms with van der Waals surface area (Å²) in [5, 5.41) is 0. The molecule has 0 heterocycles. The molecule has 20 heavy (non-hydrogen) atoms. The third-order valence-corrected chi connectivity index (χ3v) is 5.05. The Morgan fingerprint density at radius 1 is 1.10 bits per heavy atom. The molecule has 0 unspecified atom stereocenters. The summed E-state index contributed by atoms with van der Waals surface area (Å²) in [6, 6.07) is 10.4. The van der Waals surface area contributed by atoms with Crippen molar-refractivity contribution in [2.75, 3.05) is 0 Å².